The summed E-state index contributed by atoms with van der Waals surface area (Å²) in [5, 5.41) is 11.8. The van der Waals surface area contributed by atoms with E-state index in [0.717, 1.165) is 80.2 Å². The monoisotopic (exact) mass is 1980 g/mol. The number of methoxy groups -OCH3 is 6. The highest BCUT2D eigenvalue weighted by Crippen LogP contribution is 2.53. The first-order valence-corrected chi connectivity index (χ1v) is 48.6. The van der Waals surface area contributed by atoms with Gasteiger partial charge < -0.3 is 98.7 Å². The SMILES string of the molecule is C.C.COCCc1ccc(C2Oc3cc(-c4cnc([C@@H]5CCCN5C(=O)C(NC(=O)OC)C(C)C)[nH]4)cc(F)c3-c3cc4cc(-c5cnc([C@@H]6CCCN6C(=O)C(NC(=O)OC)C(C)C)[nH]5)ccc4n32)s1.COCCc1ccc(C2Oc3cc(-c4cnc([C@@H]5CCCN5C(=O)[C@@H](NC(=O)OC)C(C)C)[nH]4)cc(F)c3-c3c(F)c4cc(-c5cnc([C@@H]6CCCN6C(=O)[C@@H](NC(=O)OC)C(C)C)[nH]5)ccc4n32)s1. The molecular weight excluding hydrogens is 1850 g/mol. The first-order valence-electron chi connectivity index (χ1n) is 46.9. The van der Waals surface area contributed by atoms with Gasteiger partial charge in [-0.25, -0.2) is 52.3 Å². The van der Waals surface area contributed by atoms with Gasteiger partial charge in [-0.05, 0) is 154 Å². The van der Waals surface area contributed by atoms with E-state index in [1.807, 2.05) is 115 Å². The highest BCUT2D eigenvalue weighted by atomic mass is 32.1. The summed E-state index contributed by atoms with van der Waals surface area (Å²) in [6.07, 6.45) is 9.53. The Balaban J connectivity index is 0.000000210. The van der Waals surface area contributed by atoms with Crippen LogP contribution in [0.5, 0.6) is 11.5 Å². The molecule has 8 amide bonds. The summed E-state index contributed by atoms with van der Waals surface area (Å²) >= 11 is 3.12. The maximum atomic E-state index is 17.4. The van der Waals surface area contributed by atoms with Crippen molar-refractivity contribution in [2.45, 2.75) is 195 Å². The zero-order valence-electron chi connectivity index (χ0n) is 79.8. The van der Waals surface area contributed by atoms with E-state index in [-0.39, 0.29) is 103 Å². The Kier molecular flexibility index (Phi) is 31.3. The molecule has 10 atom stereocenters. The maximum Gasteiger partial charge on any atom is 0.407 e. The molecule has 8 aromatic heterocycles. The number of carbonyl (C=O) groups excluding carboxylic acids is 8. The summed E-state index contributed by atoms with van der Waals surface area (Å²) in [6.45, 7) is 18.0. The standard InChI is InChI=1S/C50H57F2N9O8S.C50H58FN9O8S.2CH4/c1-25(2)41(57-49(64)67-6)46(62)59-17-8-10-35(59)44-53-23-32(55-44)27-12-14-34-30(20-27)40(52)43-39-31(51)21-28(22-37(39)69-48(61(34)43)38-15-13-29(70-38)16-19-66-5)33-24-54-45(56-33)36-11-9-18-60(36)47(63)42(26(3)4)58-50(65)68-7;1-26(2)42(56-49(63)66-6)46(61)58-17-8-10-36(58)44-52-24-33(54-44)28-12-14-35-30(20-28)22-38-41-32(51)21-29(23-39(41)68-48(60(35)38)40-15-13-31(69-40)16-19-65-5)34-25-53-45(55-34)37-11-9-18-59(37)47(62)43(27(3)4)57-50(64)67-7;;/h12-15,20-26,35-36,41-42,48H,8-11,16-19H2,1-7H3,(H,53,55)(H,54,56)(H,57,64)(H,58,65);12-15,20-27,36-37,42-43,48H,8-11,16-19H2,1-7H3,(H,52,54)(H,53,55)(H,56,63)(H,57,64);2*1H4/t35-,36-,41-,42-,48?;36-,37-,42?,43?,48?;;/m00../s1. The highest BCUT2D eigenvalue weighted by Gasteiger charge is 2.45. The first-order chi connectivity index (χ1) is 67.0. The van der Waals surface area contributed by atoms with Crippen molar-refractivity contribution < 1.29 is 89.4 Å². The minimum absolute atomic E-state index is 0. The molecule has 34 nitrogen and oxygen atoms in total. The van der Waals surface area contributed by atoms with E-state index < -0.39 is 84.5 Å². The van der Waals surface area contributed by atoms with Gasteiger partial charge in [-0.1, -0.05) is 82.4 Å². The van der Waals surface area contributed by atoms with Gasteiger partial charge in [0.2, 0.25) is 36.1 Å². The van der Waals surface area contributed by atoms with Gasteiger partial charge >= 0.3 is 24.4 Å². The predicted molar refractivity (Wildman–Crippen MR) is 527 cm³/mol. The molecule has 4 aromatic carbocycles. The maximum absolute atomic E-state index is 17.4. The summed E-state index contributed by atoms with van der Waals surface area (Å²) in [6, 6.07) is 23.2. The van der Waals surface area contributed by atoms with Crippen LogP contribution in [0.2, 0.25) is 0 Å². The van der Waals surface area contributed by atoms with Crippen molar-refractivity contribution in [2.24, 2.45) is 23.7 Å². The Labute approximate surface area is 823 Å². The van der Waals surface area contributed by atoms with Crippen molar-refractivity contribution in [3.63, 3.8) is 0 Å². The number of nitrogens with one attached hydrogen (secondary N) is 8. The van der Waals surface area contributed by atoms with Crippen molar-refractivity contribution in [1.29, 1.82) is 0 Å². The molecule has 18 rings (SSSR count). The highest BCUT2D eigenvalue weighted by molar-refractivity contribution is 7.12. The van der Waals surface area contributed by atoms with Crippen LogP contribution in [0.3, 0.4) is 0 Å². The third kappa shape index (κ3) is 20.3. The molecule has 0 aliphatic carbocycles. The molecule has 0 bridgehead atoms. The van der Waals surface area contributed by atoms with Crippen molar-refractivity contribution in [3.05, 3.63) is 176 Å². The lowest BCUT2D eigenvalue weighted by atomic mass is 10.0. The fourth-order valence-corrected chi connectivity index (χ4v) is 21.8. The Morgan fingerprint density at radius 3 is 1.12 bits per heavy atom. The molecule has 6 aliphatic heterocycles. The number of nitrogens with zero attached hydrogens (tertiary/aromatic N) is 10. The summed E-state index contributed by atoms with van der Waals surface area (Å²) in [7, 11) is 8.36. The lowest BCUT2D eigenvalue weighted by molar-refractivity contribution is -0.136. The normalized spacial score (nSPS) is 18.2. The number of fused-ring (bicyclic) bond motifs is 10. The number of aromatic amines is 4. The number of benzene rings is 4. The largest absolute Gasteiger partial charge is 0.464 e. The van der Waals surface area contributed by atoms with Gasteiger partial charge in [-0.2, -0.15) is 0 Å². The molecule has 4 unspecified atom stereocenters. The molecule has 0 saturated carbocycles. The first kappa shape index (κ1) is 102. The third-order valence-corrected chi connectivity index (χ3v) is 29.2. The van der Waals surface area contributed by atoms with Gasteiger partial charge in [0.1, 0.15) is 70.6 Å². The van der Waals surface area contributed by atoms with Gasteiger partial charge in [-0.15, -0.1) is 22.7 Å². The van der Waals surface area contributed by atoms with Crippen LogP contribution in [-0.2, 0) is 60.4 Å². The van der Waals surface area contributed by atoms with E-state index in [2.05, 4.69) is 57.2 Å². The average molecular weight is 1980 g/mol. The number of hydrogen-bond acceptors (Lipinski definition) is 22. The minimum atomic E-state index is -0.868. The molecule has 0 spiro atoms. The lowest BCUT2D eigenvalue weighted by Gasteiger charge is -2.30. The Bertz CT molecular complexity index is 6610. The van der Waals surface area contributed by atoms with E-state index in [1.54, 1.807) is 92.7 Å². The molecule has 141 heavy (non-hydrogen) atoms. The summed E-state index contributed by atoms with van der Waals surface area (Å²) in [4.78, 5) is 147. The molecule has 12 aromatic rings. The number of H-pyrrole nitrogens is 4. The van der Waals surface area contributed by atoms with E-state index in [4.69, 9.17) is 47.9 Å². The molecular formula is C102H123F3N18O16S2. The molecule has 4 saturated heterocycles. The number of thiophene rings is 2. The average Bonchev–Trinajstić information content (AvgIpc) is 1.58. The number of alkyl carbamates (subject to hydrolysis) is 4. The van der Waals surface area contributed by atoms with Crippen molar-refractivity contribution in [1.82, 2.24) is 89.9 Å². The molecule has 14 heterocycles. The van der Waals surface area contributed by atoms with Crippen LogP contribution in [-0.4, -0.2) is 223 Å². The fraction of sp³-hybridized carbons (Fsp3) is 0.451. The molecule has 750 valence electrons. The second kappa shape index (κ2) is 43.3. The van der Waals surface area contributed by atoms with Gasteiger partial charge in [0, 0.05) is 96.0 Å². The number of ether oxygens (including phenoxy) is 8. The molecule has 39 heteroatoms. The Hall–Kier alpha value is -13.5. The van der Waals surface area contributed by atoms with Crippen LogP contribution in [0.25, 0.3) is 89.4 Å². The Morgan fingerprint density at radius 1 is 0.418 bits per heavy atom. The van der Waals surface area contributed by atoms with Crippen LogP contribution in [0.15, 0.2) is 116 Å². The van der Waals surface area contributed by atoms with E-state index in [9.17, 15) is 38.4 Å². The van der Waals surface area contributed by atoms with Gasteiger partial charge in [0.05, 0.1) is 157 Å². The van der Waals surface area contributed by atoms with Crippen LogP contribution < -0.4 is 30.7 Å². The van der Waals surface area contributed by atoms with Gasteiger partial charge in [0.25, 0.3) is 0 Å². The minimum Gasteiger partial charge on any atom is -0.464 e. The second-order valence-corrected chi connectivity index (χ2v) is 39.5. The fourth-order valence-electron chi connectivity index (χ4n) is 19.7. The predicted octanol–water partition coefficient (Wildman–Crippen LogP) is 18.4. The molecule has 8 N–H and O–H groups in total. The van der Waals surface area contributed by atoms with E-state index in [1.165, 1.54) is 51.9 Å². The Morgan fingerprint density at radius 2 is 0.759 bits per heavy atom. The topological polar surface area (TPSA) is 396 Å². The summed E-state index contributed by atoms with van der Waals surface area (Å²) in [5.74, 6) is -0.648. The quantitative estimate of drug-likeness (QED) is 0.0211. The number of rotatable bonds is 28. The van der Waals surface area contributed by atoms with E-state index in [0.29, 0.717) is 145 Å². The zero-order valence-corrected chi connectivity index (χ0v) is 81.5. The number of hydrogen-bond donors (Lipinski definition) is 8. The van der Waals surface area contributed by atoms with Crippen molar-refractivity contribution >= 4 is 92.5 Å². The number of carbonyl (C=O) groups is 8. The smallest absolute Gasteiger partial charge is 0.407 e. The number of aromatic nitrogens is 10. The van der Waals surface area contributed by atoms with Crippen LogP contribution in [0.1, 0.15) is 201 Å². The number of imidazole rings is 4. The summed E-state index contributed by atoms with van der Waals surface area (Å²) < 4.78 is 98.5. The number of halogens is 3. The van der Waals surface area contributed by atoms with Crippen molar-refractivity contribution in [2.75, 3.05) is 82.1 Å². The van der Waals surface area contributed by atoms with E-state index >= 15 is 13.2 Å². The van der Waals surface area contributed by atoms with Gasteiger partial charge in [0.15, 0.2) is 5.82 Å². The second-order valence-electron chi connectivity index (χ2n) is 37.1. The van der Waals surface area contributed by atoms with Crippen LogP contribution in [0, 0.1) is 41.1 Å². The zero-order chi connectivity index (χ0) is 98.2. The molecule has 0 radical (unpaired) electrons. The molecule has 6 aliphatic rings. The third-order valence-electron chi connectivity index (χ3n) is 26.9. The number of amides is 8. The van der Waals surface area contributed by atoms with Gasteiger partial charge in [-0.3, -0.25) is 28.3 Å². The molecule has 4 fully saturated rings. The van der Waals surface area contributed by atoms with Crippen LogP contribution in [0.4, 0.5) is 32.3 Å². The van der Waals surface area contributed by atoms with Crippen LogP contribution >= 0.6 is 22.7 Å². The van der Waals surface area contributed by atoms with Crippen molar-refractivity contribution in [3.8, 4) is 79.0 Å². The lowest BCUT2D eigenvalue weighted by Crippen LogP contribution is -2.51. The summed E-state index contributed by atoms with van der Waals surface area (Å²) in [5.41, 5.74) is 7.13. The number of likely N-dealkylation sites (tertiary alicyclic amines) is 4.